The lowest BCUT2D eigenvalue weighted by atomic mass is 10.1. The normalized spacial score (nSPS) is 10.6. The molecule has 1 aromatic carbocycles. The summed E-state index contributed by atoms with van der Waals surface area (Å²) in [6.45, 7) is 3.84. The fourth-order valence-electron chi connectivity index (χ4n) is 1.80. The van der Waals surface area contributed by atoms with Crippen LogP contribution in [0.1, 0.15) is 35.0 Å². The third kappa shape index (κ3) is 2.67. The molecule has 2 rings (SSSR count). The van der Waals surface area contributed by atoms with E-state index in [0.29, 0.717) is 16.9 Å². The minimum Gasteiger partial charge on any atom is -0.293 e. The molecule has 94 valence electrons. The summed E-state index contributed by atoms with van der Waals surface area (Å²) in [4.78, 5) is 13.3. The van der Waals surface area contributed by atoms with Gasteiger partial charge in [0.15, 0.2) is 5.78 Å². The summed E-state index contributed by atoms with van der Waals surface area (Å²) in [6.07, 6.45) is 1.39. The number of carbonyl (C=O) groups excluding carboxylic acids is 1. The number of carbonyl (C=O) groups is 1. The molecule has 0 aliphatic rings. The Hall–Kier alpha value is -1.48. The summed E-state index contributed by atoms with van der Waals surface area (Å²) in [5, 5.41) is 0. The third-order valence-electron chi connectivity index (χ3n) is 2.75. The van der Waals surface area contributed by atoms with Crippen molar-refractivity contribution in [2.75, 3.05) is 0 Å². The first kappa shape index (κ1) is 13.0. The van der Waals surface area contributed by atoms with Crippen molar-refractivity contribution in [2.45, 2.75) is 26.7 Å². The smallest absolute Gasteiger partial charge is 0.172 e. The summed E-state index contributed by atoms with van der Waals surface area (Å²) < 4.78 is 13.8. The lowest BCUT2D eigenvalue weighted by Crippen LogP contribution is -1.93. The maximum Gasteiger partial charge on any atom is 0.172 e. The van der Waals surface area contributed by atoms with Crippen molar-refractivity contribution >= 4 is 17.1 Å². The van der Waals surface area contributed by atoms with Crippen LogP contribution in [0, 0.1) is 12.7 Å². The van der Waals surface area contributed by atoms with Crippen LogP contribution in [-0.4, -0.2) is 5.78 Å². The van der Waals surface area contributed by atoms with E-state index in [1.807, 2.05) is 26.0 Å². The van der Waals surface area contributed by atoms with Crippen LogP contribution in [0.15, 0.2) is 30.3 Å². The summed E-state index contributed by atoms with van der Waals surface area (Å²) in [7, 11) is 0. The van der Waals surface area contributed by atoms with Crippen LogP contribution >= 0.6 is 11.3 Å². The minimum absolute atomic E-state index is 0.140. The monoisotopic (exact) mass is 262 g/mol. The van der Waals surface area contributed by atoms with E-state index >= 15 is 0 Å². The van der Waals surface area contributed by atoms with Crippen LogP contribution < -0.4 is 0 Å². The molecule has 0 fully saturated rings. The molecule has 1 aromatic heterocycles. The molecular formula is C15H15FOS. The average molecular weight is 262 g/mol. The predicted octanol–water partition coefficient (Wildman–Crippen LogP) is 4.85. The fourth-order valence-corrected chi connectivity index (χ4v) is 2.80. The molecule has 3 heteroatoms. The van der Waals surface area contributed by atoms with Gasteiger partial charge in [0.2, 0.25) is 0 Å². The third-order valence-corrected chi connectivity index (χ3v) is 3.91. The Labute approximate surface area is 110 Å². The number of halogens is 1. The first-order valence-electron chi connectivity index (χ1n) is 6.01. The Bertz CT molecular complexity index is 572. The van der Waals surface area contributed by atoms with E-state index in [0.717, 1.165) is 16.9 Å². The molecule has 0 atom stereocenters. The van der Waals surface area contributed by atoms with Crippen LogP contribution in [0.3, 0.4) is 0 Å². The van der Waals surface area contributed by atoms with Crippen LogP contribution in [0.25, 0.3) is 10.4 Å². The van der Waals surface area contributed by atoms with Crippen LogP contribution in [-0.2, 0) is 0 Å². The number of hydrogen-bond acceptors (Lipinski definition) is 2. The van der Waals surface area contributed by atoms with Gasteiger partial charge in [0, 0.05) is 16.9 Å². The predicted molar refractivity (Wildman–Crippen MR) is 73.7 cm³/mol. The quantitative estimate of drug-likeness (QED) is 0.720. The molecule has 0 N–H and O–H groups in total. The molecule has 0 spiro atoms. The summed E-state index contributed by atoms with van der Waals surface area (Å²) >= 11 is 1.36. The van der Waals surface area contributed by atoms with Crippen LogP contribution in [0.5, 0.6) is 0 Å². The first-order valence-corrected chi connectivity index (χ1v) is 6.83. The van der Waals surface area contributed by atoms with E-state index in [1.165, 1.54) is 17.4 Å². The van der Waals surface area contributed by atoms with Gasteiger partial charge in [0.1, 0.15) is 5.82 Å². The molecule has 1 heterocycles. The van der Waals surface area contributed by atoms with Crippen molar-refractivity contribution in [3.8, 4) is 10.4 Å². The van der Waals surface area contributed by atoms with E-state index in [-0.39, 0.29) is 11.6 Å². The highest BCUT2D eigenvalue weighted by Crippen LogP contribution is 2.31. The van der Waals surface area contributed by atoms with E-state index in [1.54, 1.807) is 12.1 Å². The molecule has 2 aromatic rings. The number of thiophene rings is 1. The molecule has 0 saturated carbocycles. The highest BCUT2D eigenvalue weighted by Gasteiger charge is 2.12. The van der Waals surface area contributed by atoms with Gasteiger partial charge in [0.05, 0.1) is 4.88 Å². The zero-order valence-electron chi connectivity index (χ0n) is 10.5. The van der Waals surface area contributed by atoms with E-state index in [9.17, 15) is 9.18 Å². The maximum absolute atomic E-state index is 13.8. The number of Topliss-reactive ketones (excluding diaryl/α,β-unsaturated/α-hetero) is 1. The fraction of sp³-hybridized carbons (Fsp3) is 0.267. The van der Waals surface area contributed by atoms with Gasteiger partial charge in [-0.05, 0) is 37.1 Å². The molecule has 0 aliphatic heterocycles. The van der Waals surface area contributed by atoms with E-state index < -0.39 is 0 Å². The molecule has 18 heavy (non-hydrogen) atoms. The van der Waals surface area contributed by atoms with Gasteiger partial charge in [-0.3, -0.25) is 4.79 Å². The first-order chi connectivity index (χ1) is 8.61. The Morgan fingerprint density at radius 2 is 2.06 bits per heavy atom. The second kappa shape index (κ2) is 5.44. The number of aryl methyl sites for hydroxylation is 1. The summed E-state index contributed by atoms with van der Waals surface area (Å²) in [5.74, 6) is -0.0902. The second-order valence-corrected chi connectivity index (χ2v) is 5.40. The van der Waals surface area contributed by atoms with Crippen LogP contribution in [0.4, 0.5) is 4.39 Å². The standard InChI is InChI=1S/C15H15FOS/c1-3-4-13(17)15-8-7-14(18-15)11-6-5-10(2)9-12(11)16/h5-9H,3-4H2,1-2H3. The molecule has 0 aliphatic carbocycles. The van der Waals surface area contributed by atoms with Crippen molar-refractivity contribution in [1.29, 1.82) is 0 Å². The van der Waals surface area contributed by atoms with Crippen molar-refractivity contribution in [3.05, 3.63) is 46.6 Å². The van der Waals surface area contributed by atoms with Crippen molar-refractivity contribution < 1.29 is 9.18 Å². The van der Waals surface area contributed by atoms with Crippen molar-refractivity contribution in [1.82, 2.24) is 0 Å². The number of hydrogen-bond donors (Lipinski definition) is 0. The minimum atomic E-state index is -0.230. The number of rotatable bonds is 4. The Balaban J connectivity index is 2.32. The molecule has 0 bridgehead atoms. The Morgan fingerprint density at radius 1 is 1.28 bits per heavy atom. The lowest BCUT2D eigenvalue weighted by Gasteiger charge is -2.01. The van der Waals surface area contributed by atoms with Gasteiger partial charge in [-0.25, -0.2) is 4.39 Å². The average Bonchev–Trinajstić information content (AvgIpc) is 2.78. The molecule has 0 saturated heterocycles. The highest BCUT2D eigenvalue weighted by molar-refractivity contribution is 7.17. The topological polar surface area (TPSA) is 17.1 Å². The van der Waals surface area contributed by atoms with E-state index in [2.05, 4.69) is 0 Å². The molecule has 0 radical (unpaired) electrons. The van der Waals surface area contributed by atoms with Crippen LogP contribution in [0.2, 0.25) is 0 Å². The maximum atomic E-state index is 13.8. The van der Waals surface area contributed by atoms with Gasteiger partial charge >= 0.3 is 0 Å². The highest BCUT2D eigenvalue weighted by atomic mass is 32.1. The van der Waals surface area contributed by atoms with Crippen molar-refractivity contribution in [2.24, 2.45) is 0 Å². The number of ketones is 1. The van der Waals surface area contributed by atoms with Crippen molar-refractivity contribution in [3.63, 3.8) is 0 Å². The zero-order chi connectivity index (χ0) is 13.1. The molecular weight excluding hydrogens is 247 g/mol. The molecule has 0 amide bonds. The molecule has 0 unspecified atom stereocenters. The lowest BCUT2D eigenvalue weighted by molar-refractivity contribution is 0.0985. The summed E-state index contributed by atoms with van der Waals surface area (Å²) in [6, 6.07) is 8.78. The van der Waals surface area contributed by atoms with Gasteiger partial charge in [-0.15, -0.1) is 11.3 Å². The Morgan fingerprint density at radius 3 is 2.72 bits per heavy atom. The molecule has 1 nitrogen and oxygen atoms in total. The Kier molecular flexibility index (Phi) is 3.92. The van der Waals surface area contributed by atoms with Gasteiger partial charge < -0.3 is 0 Å². The SMILES string of the molecule is CCCC(=O)c1ccc(-c2ccc(C)cc2F)s1. The van der Waals surface area contributed by atoms with Gasteiger partial charge in [0.25, 0.3) is 0 Å². The zero-order valence-corrected chi connectivity index (χ0v) is 11.3. The largest absolute Gasteiger partial charge is 0.293 e. The van der Waals surface area contributed by atoms with Gasteiger partial charge in [-0.2, -0.15) is 0 Å². The second-order valence-electron chi connectivity index (χ2n) is 4.32. The number of benzene rings is 1. The van der Waals surface area contributed by atoms with E-state index in [4.69, 9.17) is 0 Å². The summed E-state index contributed by atoms with van der Waals surface area (Å²) in [5.41, 5.74) is 1.47. The van der Waals surface area contributed by atoms with Gasteiger partial charge in [-0.1, -0.05) is 19.1 Å².